The third-order valence-corrected chi connectivity index (χ3v) is 7.45. The summed E-state index contributed by atoms with van der Waals surface area (Å²) < 4.78 is 5.17. The van der Waals surface area contributed by atoms with Gasteiger partial charge in [-0.1, -0.05) is 18.2 Å². The maximum Gasteiger partial charge on any atom is 0.227 e. The van der Waals surface area contributed by atoms with Crippen molar-refractivity contribution in [1.82, 2.24) is 0 Å². The number of ketones is 1. The minimum Gasteiger partial charge on any atom is -0.495 e. The fourth-order valence-corrected chi connectivity index (χ4v) is 5.55. The largest absolute Gasteiger partial charge is 0.495 e. The molecule has 0 radical (unpaired) electrons. The first kappa shape index (κ1) is 23.0. The van der Waals surface area contributed by atoms with E-state index in [4.69, 9.17) is 4.74 Å². The Morgan fingerprint density at radius 2 is 1.94 bits per heavy atom. The minimum atomic E-state index is -0.0258. The Kier molecular flexibility index (Phi) is 7.13. The van der Waals surface area contributed by atoms with Gasteiger partial charge in [0.2, 0.25) is 5.91 Å². The van der Waals surface area contributed by atoms with Crippen molar-refractivity contribution < 1.29 is 14.3 Å². The van der Waals surface area contributed by atoms with E-state index in [0.29, 0.717) is 28.7 Å². The number of methoxy groups -OCH3 is 1. The van der Waals surface area contributed by atoms with Crippen LogP contribution in [0.1, 0.15) is 72.0 Å². The first-order valence-corrected chi connectivity index (χ1v) is 12.0. The maximum absolute atomic E-state index is 13.2. The second kappa shape index (κ2) is 10.2. The molecular weight excluding hydrogens is 412 g/mol. The molecule has 4 rings (SSSR count). The van der Waals surface area contributed by atoms with Crippen molar-refractivity contribution in [2.45, 2.75) is 58.3 Å². The van der Waals surface area contributed by atoms with Crippen LogP contribution in [0.5, 0.6) is 5.75 Å². The van der Waals surface area contributed by atoms with Gasteiger partial charge in [0.1, 0.15) is 11.8 Å². The Labute approximate surface area is 196 Å². The second-order valence-corrected chi connectivity index (χ2v) is 9.52. The molecule has 0 aliphatic heterocycles. The highest BCUT2D eigenvalue weighted by Gasteiger charge is 2.32. The van der Waals surface area contributed by atoms with E-state index in [9.17, 15) is 14.9 Å². The molecule has 2 aromatic rings. The Bertz CT molecular complexity index is 1080. The number of aryl methyl sites for hydroxylation is 1. The molecule has 0 bridgehead atoms. The zero-order valence-corrected chi connectivity index (χ0v) is 19.5. The van der Waals surface area contributed by atoms with Crippen molar-refractivity contribution in [2.75, 3.05) is 12.4 Å². The molecule has 2 aliphatic carbocycles. The standard InChI is InChI=1S/C28H32N2O3/c1-18-5-3-8-25-24(18)7-4-6-21(27(25)31)15-19-9-11-20(12-10-19)28(32)30-23-13-14-26(33-2)22(16-23)17-29/h3,5,8,13-14,16,19-21H,4,6-7,9-12,15H2,1-2H3,(H,30,32). The lowest BCUT2D eigenvalue weighted by molar-refractivity contribution is -0.121. The molecule has 0 saturated heterocycles. The number of carbonyl (C=O) groups excluding carboxylic acids is 2. The molecule has 1 saturated carbocycles. The summed E-state index contributed by atoms with van der Waals surface area (Å²) >= 11 is 0. The van der Waals surface area contributed by atoms with E-state index in [1.165, 1.54) is 18.2 Å². The summed E-state index contributed by atoms with van der Waals surface area (Å²) in [6.45, 7) is 2.10. The Morgan fingerprint density at radius 3 is 2.67 bits per heavy atom. The smallest absolute Gasteiger partial charge is 0.227 e. The van der Waals surface area contributed by atoms with Gasteiger partial charge < -0.3 is 10.1 Å². The van der Waals surface area contributed by atoms with Crippen molar-refractivity contribution in [3.63, 3.8) is 0 Å². The number of amides is 1. The third-order valence-electron chi connectivity index (χ3n) is 7.45. The van der Waals surface area contributed by atoms with Gasteiger partial charge in [-0.05, 0) is 93.5 Å². The first-order chi connectivity index (χ1) is 16.0. The van der Waals surface area contributed by atoms with Crippen molar-refractivity contribution in [1.29, 1.82) is 5.26 Å². The number of nitrogens with zero attached hydrogens (tertiary/aromatic N) is 1. The number of nitriles is 1. The number of Topliss-reactive ketones (excluding diaryl/α,β-unsaturated/α-hetero) is 1. The lowest BCUT2D eigenvalue weighted by Crippen LogP contribution is -2.28. The molecule has 1 atom stereocenters. The predicted octanol–water partition coefficient (Wildman–Crippen LogP) is 5.85. The lowest BCUT2D eigenvalue weighted by atomic mass is 9.76. The fourth-order valence-electron chi connectivity index (χ4n) is 5.55. The van der Waals surface area contributed by atoms with Crippen LogP contribution in [0.15, 0.2) is 36.4 Å². The number of nitrogens with one attached hydrogen (secondary N) is 1. The molecule has 5 nitrogen and oxygen atoms in total. The van der Waals surface area contributed by atoms with Crippen LogP contribution in [0, 0.1) is 36.0 Å². The molecule has 1 N–H and O–H groups in total. The zero-order chi connectivity index (χ0) is 23.4. The second-order valence-electron chi connectivity index (χ2n) is 9.52. The first-order valence-electron chi connectivity index (χ1n) is 12.0. The highest BCUT2D eigenvalue weighted by Crippen LogP contribution is 2.37. The monoisotopic (exact) mass is 444 g/mol. The number of anilines is 1. The lowest BCUT2D eigenvalue weighted by Gasteiger charge is -2.30. The van der Waals surface area contributed by atoms with E-state index in [2.05, 4.69) is 24.4 Å². The van der Waals surface area contributed by atoms with Gasteiger partial charge in [-0.15, -0.1) is 0 Å². The molecule has 172 valence electrons. The Balaban J connectivity index is 1.32. The predicted molar refractivity (Wildman–Crippen MR) is 128 cm³/mol. The van der Waals surface area contributed by atoms with Crippen LogP contribution < -0.4 is 10.1 Å². The van der Waals surface area contributed by atoms with Crippen LogP contribution in [0.3, 0.4) is 0 Å². The van der Waals surface area contributed by atoms with E-state index in [0.717, 1.165) is 56.9 Å². The molecule has 5 heteroatoms. The van der Waals surface area contributed by atoms with Gasteiger partial charge in [-0.3, -0.25) is 9.59 Å². The SMILES string of the molecule is COc1ccc(NC(=O)C2CCC(CC3CCCc4c(C)cccc4C3=O)CC2)cc1C#N. The van der Waals surface area contributed by atoms with Gasteiger partial charge in [0.05, 0.1) is 12.7 Å². The van der Waals surface area contributed by atoms with Crippen LogP contribution in [-0.4, -0.2) is 18.8 Å². The van der Waals surface area contributed by atoms with Gasteiger partial charge >= 0.3 is 0 Å². The van der Waals surface area contributed by atoms with E-state index >= 15 is 0 Å². The minimum absolute atomic E-state index is 0.0115. The summed E-state index contributed by atoms with van der Waals surface area (Å²) in [5.74, 6) is 1.41. The Morgan fingerprint density at radius 1 is 1.15 bits per heavy atom. The number of hydrogen-bond acceptors (Lipinski definition) is 4. The van der Waals surface area contributed by atoms with Crippen molar-refractivity contribution in [3.05, 3.63) is 58.7 Å². The van der Waals surface area contributed by atoms with E-state index in [1.807, 2.05) is 12.1 Å². The van der Waals surface area contributed by atoms with Gasteiger partial charge in [-0.25, -0.2) is 0 Å². The molecule has 2 aromatic carbocycles. The molecule has 1 fully saturated rings. The number of rotatable bonds is 5. The summed E-state index contributed by atoms with van der Waals surface area (Å²) in [5.41, 5.74) is 4.43. The average molecular weight is 445 g/mol. The van der Waals surface area contributed by atoms with Gasteiger partial charge in [0.15, 0.2) is 5.78 Å². The van der Waals surface area contributed by atoms with Gasteiger partial charge in [0.25, 0.3) is 0 Å². The average Bonchev–Trinajstić information content (AvgIpc) is 2.99. The summed E-state index contributed by atoms with van der Waals surface area (Å²) in [5, 5.41) is 12.2. The Hall–Kier alpha value is -3.13. The molecule has 2 aliphatic rings. The topological polar surface area (TPSA) is 79.2 Å². The van der Waals surface area contributed by atoms with Crippen molar-refractivity contribution in [3.8, 4) is 11.8 Å². The molecular formula is C28H32N2O3. The zero-order valence-electron chi connectivity index (χ0n) is 19.5. The molecule has 33 heavy (non-hydrogen) atoms. The van der Waals surface area contributed by atoms with E-state index < -0.39 is 0 Å². The van der Waals surface area contributed by atoms with Crippen LogP contribution >= 0.6 is 0 Å². The summed E-state index contributed by atoms with van der Waals surface area (Å²) in [4.78, 5) is 26.0. The highest BCUT2D eigenvalue weighted by molar-refractivity contribution is 5.99. The number of fused-ring (bicyclic) bond motifs is 1. The number of hydrogen-bond donors (Lipinski definition) is 1. The number of carbonyl (C=O) groups is 2. The van der Waals surface area contributed by atoms with E-state index in [1.54, 1.807) is 18.2 Å². The third kappa shape index (κ3) is 5.11. The van der Waals surface area contributed by atoms with Gasteiger partial charge in [0, 0.05) is 23.1 Å². The maximum atomic E-state index is 13.2. The summed E-state index contributed by atoms with van der Waals surface area (Å²) in [6.07, 6.45) is 7.61. The normalized spacial score (nSPS) is 22.6. The molecule has 0 aromatic heterocycles. The fraction of sp³-hybridized carbons (Fsp3) is 0.464. The molecule has 1 amide bonds. The van der Waals surface area contributed by atoms with Crippen molar-refractivity contribution in [2.24, 2.45) is 17.8 Å². The van der Waals surface area contributed by atoms with Crippen LogP contribution in [0.4, 0.5) is 5.69 Å². The number of benzene rings is 2. The number of ether oxygens (including phenoxy) is 1. The summed E-state index contributed by atoms with van der Waals surface area (Å²) in [6, 6.07) is 13.3. The molecule has 1 unspecified atom stereocenters. The van der Waals surface area contributed by atoms with Gasteiger partial charge in [-0.2, -0.15) is 5.26 Å². The molecule has 0 spiro atoms. The van der Waals surface area contributed by atoms with E-state index in [-0.39, 0.29) is 17.7 Å². The highest BCUT2D eigenvalue weighted by atomic mass is 16.5. The van der Waals surface area contributed by atoms with Crippen molar-refractivity contribution >= 4 is 17.4 Å². The van der Waals surface area contributed by atoms with Crippen LogP contribution in [-0.2, 0) is 11.2 Å². The van der Waals surface area contributed by atoms with Crippen LogP contribution in [0.25, 0.3) is 0 Å². The summed E-state index contributed by atoms with van der Waals surface area (Å²) in [7, 11) is 1.52. The molecule has 0 heterocycles. The quantitative estimate of drug-likeness (QED) is 0.587. The van der Waals surface area contributed by atoms with Crippen LogP contribution in [0.2, 0.25) is 0 Å².